The van der Waals surface area contributed by atoms with E-state index in [1.165, 1.54) is 4.90 Å². The highest BCUT2D eigenvalue weighted by Gasteiger charge is 2.38. The molecular weight excluding hydrogens is 224 g/mol. The number of nitrogens with zero attached hydrogens (tertiary/aromatic N) is 1. The lowest BCUT2D eigenvalue weighted by molar-refractivity contribution is -0.148. The molecule has 2 aliphatic rings. The minimum atomic E-state index is -0.354. The van der Waals surface area contributed by atoms with Gasteiger partial charge in [-0.1, -0.05) is 13.3 Å². The second-order valence-corrected chi connectivity index (χ2v) is 4.34. The quantitative estimate of drug-likeness (QED) is 0.728. The van der Waals surface area contributed by atoms with Gasteiger partial charge in [0.2, 0.25) is 0 Å². The lowest BCUT2D eigenvalue weighted by Gasteiger charge is -2.25. The first-order chi connectivity index (χ1) is 8.22. The summed E-state index contributed by atoms with van der Waals surface area (Å²) >= 11 is 0. The Morgan fingerprint density at radius 2 is 2.29 bits per heavy atom. The van der Waals surface area contributed by atoms with Crippen molar-refractivity contribution in [3.63, 3.8) is 0 Å². The molecule has 0 aliphatic carbocycles. The molecule has 6 heteroatoms. The van der Waals surface area contributed by atoms with Crippen LogP contribution < -0.4 is 5.32 Å². The zero-order chi connectivity index (χ0) is 12.3. The van der Waals surface area contributed by atoms with Gasteiger partial charge in [-0.2, -0.15) is 0 Å². The first-order valence-corrected chi connectivity index (χ1v) is 6.03. The molecule has 0 radical (unpaired) electrons. The number of urea groups is 1. The van der Waals surface area contributed by atoms with Crippen molar-refractivity contribution in [3.8, 4) is 0 Å². The summed E-state index contributed by atoms with van der Waals surface area (Å²) in [5.41, 5.74) is 0. The number of nitrogens with one attached hydrogen (secondary N) is 1. The third-order valence-corrected chi connectivity index (χ3v) is 3.04. The van der Waals surface area contributed by atoms with E-state index in [0.717, 1.165) is 12.8 Å². The zero-order valence-electron chi connectivity index (χ0n) is 9.98. The normalized spacial score (nSPS) is 29.6. The fraction of sp³-hybridized carbons (Fsp3) is 0.818. The van der Waals surface area contributed by atoms with Gasteiger partial charge in [0.25, 0.3) is 5.91 Å². The van der Waals surface area contributed by atoms with E-state index in [-0.39, 0.29) is 30.9 Å². The van der Waals surface area contributed by atoms with E-state index in [0.29, 0.717) is 19.6 Å². The molecule has 2 atom stereocenters. The van der Waals surface area contributed by atoms with Crippen molar-refractivity contribution in [2.75, 3.05) is 19.9 Å². The van der Waals surface area contributed by atoms with Gasteiger partial charge in [-0.25, -0.2) is 4.79 Å². The van der Waals surface area contributed by atoms with E-state index in [4.69, 9.17) is 9.47 Å². The first kappa shape index (κ1) is 12.3. The smallest absolute Gasteiger partial charge is 0.324 e. The Morgan fingerprint density at radius 1 is 1.47 bits per heavy atom. The van der Waals surface area contributed by atoms with Gasteiger partial charge < -0.3 is 14.8 Å². The minimum Gasteiger partial charge on any atom is -0.355 e. The van der Waals surface area contributed by atoms with Crippen molar-refractivity contribution in [2.45, 2.75) is 38.3 Å². The summed E-state index contributed by atoms with van der Waals surface area (Å²) in [7, 11) is 0. The molecule has 1 N–H and O–H groups in total. The largest absolute Gasteiger partial charge is 0.355 e. The molecule has 17 heavy (non-hydrogen) atoms. The van der Waals surface area contributed by atoms with Crippen LogP contribution in [0, 0.1) is 0 Å². The molecule has 0 saturated carbocycles. The highest BCUT2D eigenvalue weighted by atomic mass is 16.7. The summed E-state index contributed by atoms with van der Waals surface area (Å²) < 4.78 is 10.4. The molecule has 6 nitrogen and oxygen atoms in total. The number of hydrogen-bond donors (Lipinski definition) is 1. The Morgan fingerprint density at radius 3 is 2.94 bits per heavy atom. The van der Waals surface area contributed by atoms with Crippen LogP contribution in [0.25, 0.3) is 0 Å². The van der Waals surface area contributed by atoms with Crippen LogP contribution in [0.3, 0.4) is 0 Å². The summed E-state index contributed by atoms with van der Waals surface area (Å²) in [5, 5.41) is 2.69. The fourth-order valence-electron chi connectivity index (χ4n) is 2.08. The highest BCUT2D eigenvalue weighted by Crippen LogP contribution is 2.15. The second kappa shape index (κ2) is 5.46. The standard InChI is InChI=1S/C11H18N2O4/c1-2-3-9-10(14)13(11(15)12-9)6-8-4-5-16-7-17-8/h8-9H,2-7H2,1H3,(H,12,15)/t8-,9-/m0/s1. The van der Waals surface area contributed by atoms with Crippen molar-refractivity contribution >= 4 is 11.9 Å². The summed E-state index contributed by atoms with van der Waals surface area (Å²) in [5.74, 6) is -0.132. The second-order valence-electron chi connectivity index (χ2n) is 4.34. The number of carbonyl (C=O) groups excluding carboxylic acids is 2. The van der Waals surface area contributed by atoms with Crippen molar-refractivity contribution in [1.82, 2.24) is 10.2 Å². The number of rotatable bonds is 4. The van der Waals surface area contributed by atoms with Crippen LogP contribution in [0.4, 0.5) is 4.79 Å². The van der Waals surface area contributed by atoms with E-state index < -0.39 is 0 Å². The number of imide groups is 1. The molecule has 2 heterocycles. The van der Waals surface area contributed by atoms with Gasteiger partial charge in [0.1, 0.15) is 12.8 Å². The van der Waals surface area contributed by atoms with Crippen molar-refractivity contribution < 1.29 is 19.1 Å². The molecular formula is C11H18N2O4. The number of carbonyl (C=O) groups is 2. The van der Waals surface area contributed by atoms with Gasteiger partial charge in [-0.05, 0) is 12.8 Å². The van der Waals surface area contributed by atoms with Crippen LogP contribution in [0.15, 0.2) is 0 Å². The molecule has 0 aromatic rings. The van der Waals surface area contributed by atoms with Crippen LogP contribution in [-0.4, -0.2) is 48.9 Å². The summed E-state index contributed by atoms with van der Waals surface area (Å²) in [6, 6.07) is -0.657. The van der Waals surface area contributed by atoms with Crippen molar-refractivity contribution in [1.29, 1.82) is 0 Å². The Hall–Kier alpha value is -1.14. The molecule has 2 rings (SSSR count). The maximum absolute atomic E-state index is 11.9. The number of amides is 3. The van der Waals surface area contributed by atoms with Gasteiger partial charge in [0.15, 0.2) is 0 Å². The SMILES string of the molecule is CCC[C@@H]1NC(=O)N(C[C@@H]2CCOCO2)C1=O. The molecule has 3 amide bonds. The van der Waals surface area contributed by atoms with E-state index >= 15 is 0 Å². The molecule has 2 saturated heterocycles. The molecule has 0 bridgehead atoms. The average Bonchev–Trinajstić information content (AvgIpc) is 2.59. The molecule has 96 valence electrons. The Labute approximate surface area is 100 Å². The highest BCUT2D eigenvalue weighted by molar-refractivity contribution is 6.04. The first-order valence-electron chi connectivity index (χ1n) is 6.03. The van der Waals surface area contributed by atoms with Gasteiger partial charge in [-0.15, -0.1) is 0 Å². The van der Waals surface area contributed by atoms with Crippen LogP contribution >= 0.6 is 0 Å². The maximum atomic E-state index is 11.9. The predicted molar refractivity (Wildman–Crippen MR) is 59.2 cm³/mol. The van der Waals surface area contributed by atoms with Crippen LogP contribution in [0.1, 0.15) is 26.2 Å². The summed E-state index contributed by atoms with van der Waals surface area (Å²) in [6.07, 6.45) is 2.18. The van der Waals surface area contributed by atoms with E-state index in [9.17, 15) is 9.59 Å². The molecule has 0 aromatic carbocycles. The Balaban J connectivity index is 1.91. The lowest BCUT2D eigenvalue weighted by Crippen LogP contribution is -2.41. The molecule has 0 unspecified atom stereocenters. The number of ether oxygens (including phenoxy) is 2. The molecule has 2 fully saturated rings. The fourth-order valence-corrected chi connectivity index (χ4v) is 2.08. The van der Waals surface area contributed by atoms with Crippen molar-refractivity contribution in [3.05, 3.63) is 0 Å². The Bertz CT molecular complexity index is 302. The monoisotopic (exact) mass is 242 g/mol. The van der Waals surface area contributed by atoms with Crippen LogP contribution in [0.5, 0.6) is 0 Å². The van der Waals surface area contributed by atoms with Gasteiger partial charge in [0, 0.05) is 0 Å². The van der Waals surface area contributed by atoms with E-state index in [2.05, 4.69) is 5.32 Å². The van der Waals surface area contributed by atoms with Crippen molar-refractivity contribution in [2.24, 2.45) is 0 Å². The van der Waals surface area contributed by atoms with E-state index in [1.54, 1.807) is 0 Å². The third kappa shape index (κ3) is 2.76. The van der Waals surface area contributed by atoms with E-state index in [1.807, 2.05) is 6.92 Å². The molecule has 2 aliphatic heterocycles. The third-order valence-electron chi connectivity index (χ3n) is 3.04. The van der Waals surface area contributed by atoms with Gasteiger partial charge in [-0.3, -0.25) is 9.69 Å². The number of hydrogen-bond acceptors (Lipinski definition) is 4. The molecule has 0 spiro atoms. The summed E-state index contributed by atoms with van der Waals surface area (Å²) in [4.78, 5) is 24.8. The lowest BCUT2D eigenvalue weighted by atomic mass is 10.1. The minimum absolute atomic E-state index is 0.0983. The van der Waals surface area contributed by atoms with Gasteiger partial charge >= 0.3 is 6.03 Å². The topological polar surface area (TPSA) is 67.9 Å². The maximum Gasteiger partial charge on any atom is 0.324 e. The van der Waals surface area contributed by atoms with Gasteiger partial charge in [0.05, 0.1) is 19.3 Å². The Kier molecular flexibility index (Phi) is 3.96. The predicted octanol–water partition coefficient (Wildman–Crippen LogP) is 0.470. The average molecular weight is 242 g/mol. The molecule has 0 aromatic heterocycles. The summed E-state index contributed by atoms with van der Waals surface area (Å²) in [6.45, 7) is 3.18. The van der Waals surface area contributed by atoms with Crippen LogP contribution in [0.2, 0.25) is 0 Å². The zero-order valence-corrected chi connectivity index (χ0v) is 9.98. The van der Waals surface area contributed by atoms with Crippen LogP contribution in [-0.2, 0) is 14.3 Å².